The number of carbonyl (C=O) groups excluding carboxylic acids is 1. The van der Waals surface area contributed by atoms with Crippen molar-refractivity contribution in [1.29, 1.82) is 5.26 Å². The van der Waals surface area contributed by atoms with Crippen LogP contribution in [0.25, 0.3) is 11.3 Å². The lowest BCUT2D eigenvalue weighted by atomic mass is 10.0. The number of alkyl halides is 3. The van der Waals surface area contributed by atoms with Gasteiger partial charge in [0.15, 0.2) is 0 Å². The van der Waals surface area contributed by atoms with Crippen molar-refractivity contribution in [1.82, 2.24) is 20.1 Å². The fourth-order valence-electron chi connectivity index (χ4n) is 3.54. The Morgan fingerprint density at radius 2 is 2.06 bits per heavy atom. The van der Waals surface area contributed by atoms with E-state index in [1.165, 1.54) is 24.3 Å². The average molecular weight is 446 g/mol. The molecule has 10 heteroatoms. The minimum absolute atomic E-state index is 0.255. The number of hydrogen-bond donors (Lipinski definition) is 1. The third-order valence-electron chi connectivity index (χ3n) is 4.97. The molecule has 0 aliphatic carbocycles. The van der Waals surface area contributed by atoms with E-state index < -0.39 is 17.8 Å². The molecule has 1 N–H and O–H groups in total. The monoisotopic (exact) mass is 445 g/mol. The number of halogens is 4. The molecule has 0 saturated heterocycles. The van der Waals surface area contributed by atoms with Crippen molar-refractivity contribution < 1.29 is 18.0 Å². The molecule has 3 aromatic rings. The second kappa shape index (κ2) is 8.04. The highest BCUT2D eigenvalue weighted by molar-refractivity contribution is 6.31. The Morgan fingerprint density at radius 1 is 1.26 bits per heavy atom. The van der Waals surface area contributed by atoms with Crippen LogP contribution in [0.4, 0.5) is 13.2 Å². The van der Waals surface area contributed by atoms with Crippen LogP contribution >= 0.6 is 11.6 Å². The predicted octanol–water partition coefficient (Wildman–Crippen LogP) is 4.75. The summed E-state index contributed by atoms with van der Waals surface area (Å²) < 4.78 is 40.7. The van der Waals surface area contributed by atoms with Gasteiger partial charge in [0.25, 0.3) is 5.91 Å². The first kappa shape index (κ1) is 20.9. The Balaban J connectivity index is 1.61. The summed E-state index contributed by atoms with van der Waals surface area (Å²) in [6.07, 6.45) is -2.07. The van der Waals surface area contributed by atoms with Crippen molar-refractivity contribution in [3.05, 3.63) is 70.1 Å². The Labute approximate surface area is 180 Å². The summed E-state index contributed by atoms with van der Waals surface area (Å²) in [6, 6.07) is 10.1. The van der Waals surface area contributed by atoms with Crippen LogP contribution < -0.4 is 5.32 Å². The molecule has 0 fully saturated rings. The van der Waals surface area contributed by atoms with Crippen molar-refractivity contribution in [3.63, 3.8) is 0 Å². The molecule has 1 unspecified atom stereocenters. The highest BCUT2D eigenvalue weighted by Crippen LogP contribution is 2.33. The zero-order valence-corrected chi connectivity index (χ0v) is 16.7. The maximum absolute atomic E-state index is 13.0. The molecule has 0 radical (unpaired) electrons. The van der Waals surface area contributed by atoms with Gasteiger partial charge in [-0.05, 0) is 49.2 Å². The number of nitriles is 1. The van der Waals surface area contributed by atoms with Crippen LogP contribution in [0, 0.1) is 11.3 Å². The smallest absolute Gasteiger partial charge is 0.344 e. The van der Waals surface area contributed by atoms with Gasteiger partial charge in [0.1, 0.15) is 5.69 Å². The summed E-state index contributed by atoms with van der Waals surface area (Å²) in [5, 5.41) is 16.7. The second-order valence-electron chi connectivity index (χ2n) is 7.11. The Bertz CT molecular complexity index is 1200. The van der Waals surface area contributed by atoms with Crippen molar-refractivity contribution in [2.75, 3.05) is 0 Å². The lowest BCUT2D eigenvalue weighted by Crippen LogP contribution is -2.32. The van der Waals surface area contributed by atoms with Crippen molar-refractivity contribution in [3.8, 4) is 17.3 Å². The van der Waals surface area contributed by atoms with Crippen LogP contribution in [0.5, 0.6) is 0 Å². The van der Waals surface area contributed by atoms with Gasteiger partial charge in [0, 0.05) is 28.9 Å². The number of hydrogen-bond acceptors (Lipinski definition) is 4. The van der Waals surface area contributed by atoms with Gasteiger partial charge in [-0.3, -0.25) is 14.5 Å². The van der Waals surface area contributed by atoms with E-state index in [1.807, 2.05) is 6.07 Å². The third kappa shape index (κ3) is 4.39. The van der Waals surface area contributed by atoms with E-state index in [1.54, 1.807) is 10.7 Å². The molecule has 158 valence electrons. The van der Waals surface area contributed by atoms with E-state index in [0.29, 0.717) is 29.9 Å². The Kier molecular flexibility index (Phi) is 5.41. The van der Waals surface area contributed by atoms with Gasteiger partial charge in [-0.2, -0.15) is 23.5 Å². The molecule has 0 saturated carbocycles. The van der Waals surface area contributed by atoms with Crippen LogP contribution in [0.15, 0.2) is 42.6 Å². The molecule has 1 atom stereocenters. The quantitative estimate of drug-likeness (QED) is 0.630. The second-order valence-corrected chi connectivity index (χ2v) is 7.55. The van der Waals surface area contributed by atoms with Crippen molar-refractivity contribution in [2.45, 2.75) is 31.6 Å². The van der Waals surface area contributed by atoms with E-state index in [2.05, 4.69) is 15.4 Å². The minimum Gasteiger partial charge on any atom is -0.344 e. The van der Waals surface area contributed by atoms with Crippen molar-refractivity contribution in [2.24, 2.45) is 0 Å². The number of nitrogens with zero attached hydrogens (tertiary/aromatic N) is 4. The molecule has 31 heavy (non-hydrogen) atoms. The number of fused-ring (bicyclic) bond motifs is 1. The molecule has 0 spiro atoms. The first-order valence-electron chi connectivity index (χ1n) is 9.37. The average Bonchev–Trinajstić information content (AvgIpc) is 3.18. The summed E-state index contributed by atoms with van der Waals surface area (Å²) in [6.45, 7) is 0.592. The maximum Gasteiger partial charge on any atom is 0.433 e. The molecule has 6 nitrogen and oxygen atoms in total. The number of nitrogens with one attached hydrogen (secondary N) is 1. The van der Waals surface area contributed by atoms with Crippen LogP contribution in [0.3, 0.4) is 0 Å². The molecule has 4 rings (SSSR count). The topological polar surface area (TPSA) is 83.6 Å². The molecular weight excluding hydrogens is 431 g/mol. The number of aromatic nitrogens is 3. The van der Waals surface area contributed by atoms with Gasteiger partial charge < -0.3 is 5.32 Å². The SMILES string of the molecule is N#Cc1cc(Cl)cc(C(=O)NC2CCCn3nc(-c4ccnc(C(F)(F)F)c4)cc32)c1. The Hall–Kier alpha value is -3.38. The maximum atomic E-state index is 13.0. The van der Waals surface area contributed by atoms with Crippen LogP contribution in [0.2, 0.25) is 5.02 Å². The van der Waals surface area contributed by atoms with E-state index in [-0.39, 0.29) is 22.2 Å². The normalized spacial score (nSPS) is 15.8. The Morgan fingerprint density at radius 3 is 2.81 bits per heavy atom. The van der Waals surface area contributed by atoms with E-state index in [0.717, 1.165) is 18.7 Å². The molecule has 3 heterocycles. The van der Waals surface area contributed by atoms with Crippen LogP contribution in [-0.4, -0.2) is 20.7 Å². The first-order valence-corrected chi connectivity index (χ1v) is 9.75. The van der Waals surface area contributed by atoms with Gasteiger partial charge in [0.2, 0.25) is 0 Å². The summed E-state index contributed by atoms with van der Waals surface area (Å²) in [5.74, 6) is -0.400. The number of carbonyl (C=O) groups is 1. The molecule has 1 amide bonds. The summed E-state index contributed by atoms with van der Waals surface area (Å²) in [7, 11) is 0. The predicted molar refractivity (Wildman–Crippen MR) is 106 cm³/mol. The number of pyridine rings is 1. The summed E-state index contributed by atoms with van der Waals surface area (Å²) in [4.78, 5) is 16.1. The third-order valence-corrected chi connectivity index (χ3v) is 5.19. The first-order chi connectivity index (χ1) is 14.7. The van der Waals surface area contributed by atoms with Gasteiger partial charge in [-0.15, -0.1) is 0 Å². The highest BCUT2D eigenvalue weighted by atomic mass is 35.5. The van der Waals surface area contributed by atoms with Crippen LogP contribution in [0.1, 0.15) is 46.2 Å². The highest BCUT2D eigenvalue weighted by Gasteiger charge is 2.33. The van der Waals surface area contributed by atoms with Gasteiger partial charge in [-0.1, -0.05) is 11.6 Å². The standard InChI is InChI=1S/C21H15ClF3N5O/c22-15-7-12(11-26)6-14(8-15)20(31)28-16-2-1-5-30-18(16)10-17(29-30)13-3-4-27-19(9-13)21(23,24)25/h3-4,6-10,16H,1-2,5H2,(H,28,31). The summed E-state index contributed by atoms with van der Waals surface area (Å²) >= 11 is 5.98. The molecule has 1 aliphatic heterocycles. The van der Waals surface area contributed by atoms with E-state index in [4.69, 9.17) is 16.9 Å². The van der Waals surface area contributed by atoms with Crippen molar-refractivity contribution >= 4 is 17.5 Å². The molecule has 2 aromatic heterocycles. The van der Waals surface area contributed by atoms with Gasteiger partial charge in [-0.25, -0.2) is 0 Å². The fourth-order valence-corrected chi connectivity index (χ4v) is 3.78. The van der Waals surface area contributed by atoms with E-state index >= 15 is 0 Å². The molecule has 1 aliphatic rings. The molecular formula is C21H15ClF3N5O. The molecule has 1 aromatic carbocycles. The largest absolute Gasteiger partial charge is 0.433 e. The number of rotatable bonds is 3. The number of amides is 1. The number of aryl methyl sites for hydroxylation is 1. The fraction of sp³-hybridized carbons (Fsp3) is 0.238. The lowest BCUT2D eigenvalue weighted by molar-refractivity contribution is -0.141. The zero-order valence-electron chi connectivity index (χ0n) is 15.9. The van der Waals surface area contributed by atoms with E-state index in [9.17, 15) is 18.0 Å². The van der Waals surface area contributed by atoms with Crippen LogP contribution in [-0.2, 0) is 12.7 Å². The zero-order chi connectivity index (χ0) is 22.2. The van der Waals surface area contributed by atoms with Gasteiger partial charge >= 0.3 is 6.18 Å². The van der Waals surface area contributed by atoms with Gasteiger partial charge in [0.05, 0.1) is 29.1 Å². The lowest BCUT2D eigenvalue weighted by Gasteiger charge is -2.24. The molecule has 0 bridgehead atoms. The number of benzene rings is 1. The summed E-state index contributed by atoms with van der Waals surface area (Å²) in [5.41, 5.74) is 0.899. The minimum atomic E-state index is -4.55.